The SMILES string of the molecule is CC.CC.CC.CCCC.CCCCN1CCC23/C(C)=C(C)/C=C\C(C)=C/C2C(C)CCC3(C)C1C. The van der Waals surface area contributed by atoms with Gasteiger partial charge in [-0.05, 0) is 83.7 Å². The Morgan fingerprint density at radius 2 is 1.39 bits per heavy atom. The fourth-order valence-corrected chi connectivity index (χ4v) is 6.66. The van der Waals surface area contributed by atoms with Gasteiger partial charge in [0, 0.05) is 11.5 Å². The van der Waals surface area contributed by atoms with Crippen LogP contribution in [0.15, 0.2) is 34.9 Å². The largest absolute Gasteiger partial charge is 0.300 e. The molecule has 5 unspecified atom stereocenters. The van der Waals surface area contributed by atoms with Crippen LogP contribution in [0.25, 0.3) is 0 Å². The molecule has 0 aromatic carbocycles. The van der Waals surface area contributed by atoms with Gasteiger partial charge in [-0.1, -0.05) is 130 Å². The normalized spacial score (nSPS) is 35.4. The number of piperidine rings is 1. The molecule has 0 aromatic rings. The highest BCUT2D eigenvalue weighted by Crippen LogP contribution is 2.66. The Bertz CT molecular complexity index is 652. The van der Waals surface area contributed by atoms with Crippen molar-refractivity contribution in [2.75, 3.05) is 13.1 Å². The van der Waals surface area contributed by atoms with Crippen LogP contribution in [0.3, 0.4) is 0 Å². The third kappa shape index (κ3) is 8.34. The second-order valence-electron chi connectivity index (χ2n) is 10.8. The maximum absolute atomic E-state index is 2.82. The topological polar surface area (TPSA) is 3.24 Å². The Morgan fingerprint density at radius 1 is 0.833 bits per heavy atom. The molecule has 2 aliphatic carbocycles. The molecule has 1 nitrogen and oxygen atoms in total. The summed E-state index contributed by atoms with van der Waals surface area (Å²) in [6.07, 6.45) is 16.7. The third-order valence-corrected chi connectivity index (χ3v) is 9.18. The highest BCUT2D eigenvalue weighted by molar-refractivity contribution is 5.40. The number of hydrogen-bond acceptors (Lipinski definition) is 1. The molecule has 1 aliphatic heterocycles. The predicted molar refractivity (Wildman–Crippen MR) is 169 cm³/mol. The Kier molecular flexibility index (Phi) is 20.0. The van der Waals surface area contributed by atoms with E-state index in [-0.39, 0.29) is 0 Å². The molecule has 3 aliphatic rings. The molecule has 1 heterocycles. The van der Waals surface area contributed by atoms with Gasteiger partial charge >= 0.3 is 0 Å². The molecule has 0 N–H and O–H groups in total. The number of unbranched alkanes of at least 4 members (excludes halogenated alkanes) is 2. The van der Waals surface area contributed by atoms with Crippen LogP contribution in [0.1, 0.15) is 149 Å². The van der Waals surface area contributed by atoms with Crippen molar-refractivity contribution in [2.24, 2.45) is 22.7 Å². The van der Waals surface area contributed by atoms with Crippen molar-refractivity contribution < 1.29 is 0 Å². The summed E-state index contributed by atoms with van der Waals surface area (Å²) in [6.45, 7) is 36.0. The van der Waals surface area contributed by atoms with Gasteiger partial charge in [0.15, 0.2) is 0 Å². The number of allylic oxidation sites excluding steroid dienone is 6. The van der Waals surface area contributed by atoms with Gasteiger partial charge < -0.3 is 4.90 Å². The van der Waals surface area contributed by atoms with Crippen LogP contribution in [0.4, 0.5) is 0 Å². The molecule has 0 amide bonds. The molecule has 1 heteroatoms. The van der Waals surface area contributed by atoms with Crippen molar-refractivity contribution in [3.63, 3.8) is 0 Å². The second kappa shape index (κ2) is 19.3. The van der Waals surface area contributed by atoms with Crippen LogP contribution in [0.5, 0.6) is 0 Å². The lowest BCUT2D eigenvalue weighted by Crippen LogP contribution is -2.65. The van der Waals surface area contributed by atoms with Crippen LogP contribution in [0.2, 0.25) is 0 Å². The van der Waals surface area contributed by atoms with Gasteiger partial charge in [0.2, 0.25) is 0 Å². The van der Waals surface area contributed by atoms with E-state index in [9.17, 15) is 0 Å². The molecule has 1 saturated heterocycles. The van der Waals surface area contributed by atoms with Crippen molar-refractivity contribution >= 4 is 0 Å². The Labute approximate surface area is 230 Å². The van der Waals surface area contributed by atoms with Crippen molar-refractivity contribution in [2.45, 2.75) is 155 Å². The van der Waals surface area contributed by atoms with Crippen molar-refractivity contribution in [1.29, 1.82) is 0 Å². The van der Waals surface area contributed by atoms with Crippen molar-refractivity contribution in [3.05, 3.63) is 34.9 Å². The number of nitrogens with zero attached hydrogens (tertiary/aromatic N) is 1. The van der Waals surface area contributed by atoms with Gasteiger partial charge in [0.1, 0.15) is 0 Å². The van der Waals surface area contributed by atoms with E-state index in [0.29, 0.717) is 22.8 Å². The summed E-state index contributed by atoms with van der Waals surface area (Å²) in [6, 6.07) is 0.665. The first-order valence-corrected chi connectivity index (χ1v) is 16.0. The van der Waals surface area contributed by atoms with E-state index in [2.05, 4.69) is 85.4 Å². The first kappa shape index (κ1) is 37.3. The molecule has 1 spiro atoms. The lowest BCUT2D eigenvalue weighted by atomic mass is 9.42. The van der Waals surface area contributed by atoms with Crippen LogP contribution in [0, 0.1) is 22.7 Å². The standard InChI is InChI=1S/C25H41N.C4H10.3C2H6/c1-8-9-15-26-16-14-25-21(5)19(3)11-10-18(2)17-23(25)20(4)12-13-24(25,7)22(26)6;1-3-4-2;3*1-2/h10-11,17,20,22-23H,8-9,12-16H2,1-7H3;3-4H2,1-2H3;3*1-2H3/b11-10-,18-17-,21-19+;;;;. The summed E-state index contributed by atoms with van der Waals surface area (Å²) in [5, 5.41) is 0. The van der Waals surface area contributed by atoms with Crippen LogP contribution in [-0.2, 0) is 0 Å². The maximum atomic E-state index is 2.82. The second-order valence-corrected chi connectivity index (χ2v) is 10.8. The van der Waals surface area contributed by atoms with E-state index >= 15 is 0 Å². The first-order chi connectivity index (χ1) is 17.2. The summed E-state index contributed by atoms with van der Waals surface area (Å²) < 4.78 is 0. The third-order valence-electron chi connectivity index (χ3n) is 9.18. The lowest BCUT2D eigenvalue weighted by Gasteiger charge is -2.66. The summed E-state index contributed by atoms with van der Waals surface area (Å²) in [7, 11) is 0. The molecule has 2 fully saturated rings. The molecule has 36 heavy (non-hydrogen) atoms. The number of likely N-dealkylation sites (tertiary alicyclic amines) is 1. The molecule has 0 radical (unpaired) electrons. The molecular weight excluding hydrogens is 434 g/mol. The lowest BCUT2D eigenvalue weighted by molar-refractivity contribution is -0.127. The monoisotopic (exact) mass is 504 g/mol. The number of rotatable bonds is 4. The zero-order valence-electron chi connectivity index (χ0n) is 27.8. The van der Waals surface area contributed by atoms with Gasteiger partial charge in [-0.15, -0.1) is 0 Å². The van der Waals surface area contributed by atoms with E-state index in [1.807, 2.05) is 41.5 Å². The molecule has 214 valence electrons. The van der Waals surface area contributed by atoms with Crippen LogP contribution in [-0.4, -0.2) is 24.0 Å². The summed E-state index contributed by atoms with van der Waals surface area (Å²) >= 11 is 0. The van der Waals surface area contributed by atoms with E-state index in [0.717, 1.165) is 5.92 Å². The maximum Gasteiger partial charge on any atom is 0.0129 e. The smallest absolute Gasteiger partial charge is 0.0129 e. The minimum absolute atomic E-state index is 0.322. The Morgan fingerprint density at radius 3 is 1.89 bits per heavy atom. The van der Waals surface area contributed by atoms with E-state index in [1.165, 1.54) is 69.2 Å². The summed E-state index contributed by atoms with van der Waals surface area (Å²) in [5.74, 6) is 1.46. The molecule has 3 rings (SSSR count). The van der Waals surface area contributed by atoms with Crippen LogP contribution < -0.4 is 0 Å². The fraction of sp³-hybridized carbons (Fsp3) is 0.829. The zero-order chi connectivity index (χ0) is 28.5. The van der Waals surface area contributed by atoms with E-state index in [1.54, 1.807) is 5.57 Å². The van der Waals surface area contributed by atoms with Gasteiger partial charge in [0.25, 0.3) is 0 Å². The Hall–Kier alpha value is -0.820. The van der Waals surface area contributed by atoms with Crippen LogP contribution >= 0.6 is 0 Å². The van der Waals surface area contributed by atoms with E-state index in [4.69, 9.17) is 0 Å². The number of hydrogen-bond donors (Lipinski definition) is 0. The predicted octanol–water partition coefficient (Wildman–Crippen LogP) is 11.7. The minimum atomic E-state index is 0.322. The van der Waals surface area contributed by atoms with Crippen molar-refractivity contribution in [3.8, 4) is 0 Å². The quantitative estimate of drug-likeness (QED) is 0.368. The molecular formula is C35H69N. The molecule has 0 bridgehead atoms. The zero-order valence-corrected chi connectivity index (χ0v) is 27.8. The minimum Gasteiger partial charge on any atom is -0.300 e. The van der Waals surface area contributed by atoms with Crippen molar-refractivity contribution in [1.82, 2.24) is 4.90 Å². The molecule has 0 aromatic heterocycles. The highest BCUT2D eigenvalue weighted by Gasteiger charge is 2.62. The molecule has 5 atom stereocenters. The first-order valence-electron chi connectivity index (χ1n) is 16.0. The molecule has 1 saturated carbocycles. The van der Waals surface area contributed by atoms with Gasteiger partial charge in [-0.25, -0.2) is 0 Å². The average Bonchev–Trinajstić information content (AvgIpc) is 2.92. The van der Waals surface area contributed by atoms with Gasteiger partial charge in [-0.3, -0.25) is 0 Å². The van der Waals surface area contributed by atoms with Gasteiger partial charge in [0.05, 0.1) is 0 Å². The fourth-order valence-electron chi connectivity index (χ4n) is 6.66. The Balaban J connectivity index is 0. The van der Waals surface area contributed by atoms with E-state index < -0.39 is 0 Å². The van der Waals surface area contributed by atoms with Gasteiger partial charge in [-0.2, -0.15) is 0 Å². The highest BCUT2D eigenvalue weighted by atomic mass is 15.2. The summed E-state index contributed by atoms with van der Waals surface area (Å²) in [5.41, 5.74) is 5.33. The summed E-state index contributed by atoms with van der Waals surface area (Å²) in [4.78, 5) is 2.82. The average molecular weight is 504 g/mol.